The molecule has 158 valence electrons. The summed E-state index contributed by atoms with van der Waals surface area (Å²) in [6, 6.07) is 11.6. The van der Waals surface area contributed by atoms with E-state index < -0.39 is 0 Å². The number of furan rings is 1. The van der Waals surface area contributed by atoms with Crippen LogP contribution < -0.4 is 10.2 Å². The molecule has 3 atom stereocenters. The quantitative estimate of drug-likeness (QED) is 0.786. The van der Waals surface area contributed by atoms with Crippen molar-refractivity contribution in [1.82, 2.24) is 10.2 Å². The van der Waals surface area contributed by atoms with E-state index in [4.69, 9.17) is 4.42 Å². The number of fused-ring (bicyclic) bond motifs is 3. The maximum Gasteiger partial charge on any atom is 0.290 e. The largest absolute Gasteiger partial charge is 0.459 e. The molecule has 0 aliphatic carbocycles. The fourth-order valence-corrected chi connectivity index (χ4v) is 5.13. The number of nitrogens with one attached hydrogen (secondary N) is 1. The minimum atomic E-state index is 0. The summed E-state index contributed by atoms with van der Waals surface area (Å²) in [5.41, 5.74) is 3.67. The van der Waals surface area contributed by atoms with Gasteiger partial charge in [-0.2, -0.15) is 0 Å². The predicted molar refractivity (Wildman–Crippen MR) is 119 cm³/mol. The van der Waals surface area contributed by atoms with Crippen LogP contribution >= 0.6 is 24.8 Å². The van der Waals surface area contributed by atoms with Crippen LogP contribution in [0.25, 0.3) is 0 Å². The first-order chi connectivity index (χ1) is 13.2. The Labute approximate surface area is 184 Å². The van der Waals surface area contributed by atoms with Gasteiger partial charge in [-0.1, -0.05) is 18.2 Å². The molecule has 0 spiro atoms. The highest BCUT2D eigenvalue weighted by atomic mass is 35.5. The number of nitrogens with zero attached hydrogens (tertiary/aromatic N) is 2. The number of amides is 1. The molecule has 3 aliphatic heterocycles. The average Bonchev–Trinajstić information content (AvgIpc) is 3.31. The number of anilines is 1. The van der Waals surface area contributed by atoms with E-state index in [1.165, 1.54) is 11.3 Å². The molecule has 2 bridgehead atoms. The Morgan fingerprint density at radius 1 is 1.14 bits per heavy atom. The van der Waals surface area contributed by atoms with Gasteiger partial charge in [-0.15, -0.1) is 24.8 Å². The fraction of sp³-hybridized carbons (Fsp3) is 0.500. The molecule has 0 radical (unpaired) electrons. The Morgan fingerprint density at radius 2 is 1.93 bits per heavy atom. The average molecular weight is 438 g/mol. The van der Waals surface area contributed by atoms with Crippen LogP contribution in [0.1, 0.15) is 47.9 Å². The van der Waals surface area contributed by atoms with Crippen LogP contribution in [-0.2, 0) is 13.0 Å². The normalized spacial score (nSPS) is 25.1. The third kappa shape index (κ3) is 3.88. The van der Waals surface area contributed by atoms with Crippen LogP contribution in [0, 0.1) is 0 Å². The van der Waals surface area contributed by atoms with Crippen LogP contribution in [0.5, 0.6) is 0 Å². The Morgan fingerprint density at radius 3 is 2.79 bits per heavy atom. The van der Waals surface area contributed by atoms with Gasteiger partial charge in [0.1, 0.15) is 0 Å². The van der Waals surface area contributed by atoms with E-state index in [9.17, 15) is 4.79 Å². The highest BCUT2D eigenvalue weighted by molar-refractivity contribution is 5.93. The minimum absolute atomic E-state index is 0. The third-order valence-electron chi connectivity index (χ3n) is 6.52. The molecular weight excluding hydrogens is 409 g/mol. The molecule has 2 fully saturated rings. The number of hydrogen-bond acceptors (Lipinski definition) is 4. The number of rotatable bonds is 3. The number of hydrogen-bond donors (Lipinski definition) is 1. The summed E-state index contributed by atoms with van der Waals surface area (Å²) in [6.07, 6.45) is 5.97. The Balaban J connectivity index is 0.00000120. The lowest BCUT2D eigenvalue weighted by atomic mass is 10.1. The predicted octanol–water partition coefficient (Wildman–Crippen LogP) is 4.04. The Kier molecular flexibility index (Phi) is 6.82. The highest BCUT2D eigenvalue weighted by Gasteiger charge is 2.40. The van der Waals surface area contributed by atoms with E-state index >= 15 is 0 Å². The molecule has 0 saturated carbocycles. The first-order valence-corrected chi connectivity index (χ1v) is 10.2. The van der Waals surface area contributed by atoms with Gasteiger partial charge in [-0.3, -0.25) is 4.79 Å². The molecule has 1 aromatic carbocycles. The second-order valence-electron chi connectivity index (χ2n) is 8.17. The number of halogens is 2. The molecule has 3 unspecified atom stereocenters. The van der Waals surface area contributed by atoms with E-state index in [1.54, 1.807) is 6.26 Å². The van der Waals surface area contributed by atoms with E-state index in [-0.39, 0.29) is 30.7 Å². The molecule has 2 aromatic rings. The monoisotopic (exact) mass is 437 g/mol. The topological polar surface area (TPSA) is 48.7 Å². The first-order valence-electron chi connectivity index (χ1n) is 10.2. The second kappa shape index (κ2) is 8.99. The van der Waals surface area contributed by atoms with Crippen molar-refractivity contribution in [3.63, 3.8) is 0 Å². The van der Waals surface area contributed by atoms with E-state index in [0.717, 1.165) is 50.9 Å². The molecule has 3 aliphatic rings. The summed E-state index contributed by atoms with van der Waals surface area (Å²) >= 11 is 0. The SMILES string of the molecule is CC1Cc2ccccc2N1Cc1ccoc1C(=O)N1C2CCNCC1CC2.Cl.Cl. The molecule has 7 heteroatoms. The molecule has 2 saturated heterocycles. The van der Waals surface area contributed by atoms with Gasteiger partial charge in [-0.05, 0) is 56.8 Å². The van der Waals surface area contributed by atoms with Crippen LogP contribution in [0.15, 0.2) is 41.0 Å². The third-order valence-corrected chi connectivity index (χ3v) is 6.52. The smallest absolute Gasteiger partial charge is 0.290 e. The molecular formula is C22H29Cl2N3O2. The molecule has 5 rings (SSSR count). The standard InChI is InChI=1S/C22H27N3O2.2ClH/c1-15-12-16-4-2-3-5-20(16)24(15)14-17-9-11-27-21(17)22(26)25-18-6-7-19(25)13-23-10-8-18;;/h2-5,9,11,15,18-19,23H,6-8,10,12-14H2,1H3;2*1H. The van der Waals surface area contributed by atoms with Gasteiger partial charge in [-0.25, -0.2) is 0 Å². The number of benzene rings is 1. The fourth-order valence-electron chi connectivity index (χ4n) is 5.13. The molecule has 1 aromatic heterocycles. The summed E-state index contributed by atoms with van der Waals surface area (Å²) < 4.78 is 5.74. The van der Waals surface area contributed by atoms with E-state index in [1.807, 2.05) is 6.07 Å². The van der Waals surface area contributed by atoms with Crippen LogP contribution in [0.2, 0.25) is 0 Å². The van der Waals surface area contributed by atoms with Gasteiger partial charge in [0.15, 0.2) is 5.76 Å². The van der Waals surface area contributed by atoms with E-state index in [2.05, 4.69) is 46.3 Å². The van der Waals surface area contributed by atoms with Gasteiger partial charge in [0.05, 0.1) is 6.26 Å². The zero-order valence-corrected chi connectivity index (χ0v) is 18.3. The lowest BCUT2D eigenvalue weighted by molar-refractivity contribution is 0.0645. The molecule has 5 nitrogen and oxygen atoms in total. The van der Waals surface area contributed by atoms with Crippen molar-refractivity contribution in [1.29, 1.82) is 0 Å². The second-order valence-corrected chi connectivity index (χ2v) is 8.17. The summed E-state index contributed by atoms with van der Waals surface area (Å²) in [5, 5.41) is 3.47. The van der Waals surface area contributed by atoms with Crippen molar-refractivity contribution in [2.45, 2.75) is 57.3 Å². The van der Waals surface area contributed by atoms with Crippen LogP contribution in [-0.4, -0.2) is 42.0 Å². The van der Waals surface area contributed by atoms with Gasteiger partial charge < -0.3 is 19.5 Å². The van der Waals surface area contributed by atoms with Crippen molar-refractivity contribution < 1.29 is 9.21 Å². The Bertz CT molecular complexity index is 842. The lowest BCUT2D eigenvalue weighted by Crippen LogP contribution is -2.43. The molecule has 4 heterocycles. The Hall–Kier alpha value is -1.69. The zero-order valence-electron chi connectivity index (χ0n) is 16.7. The summed E-state index contributed by atoms with van der Waals surface area (Å²) in [7, 11) is 0. The summed E-state index contributed by atoms with van der Waals surface area (Å²) in [6.45, 7) is 4.87. The molecule has 1 amide bonds. The van der Waals surface area contributed by atoms with Crippen molar-refractivity contribution in [3.8, 4) is 0 Å². The number of carbonyl (C=O) groups excluding carboxylic acids is 1. The van der Waals surface area contributed by atoms with Crippen LogP contribution in [0.4, 0.5) is 5.69 Å². The van der Waals surface area contributed by atoms with Crippen molar-refractivity contribution in [2.24, 2.45) is 0 Å². The zero-order chi connectivity index (χ0) is 18.4. The lowest BCUT2D eigenvalue weighted by Gasteiger charge is -2.28. The maximum atomic E-state index is 13.4. The maximum absolute atomic E-state index is 13.4. The highest BCUT2D eigenvalue weighted by Crippen LogP contribution is 2.35. The van der Waals surface area contributed by atoms with Crippen molar-refractivity contribution >= 4 is 36.4 Å². The number of carbonyl (C=O) groups is 1. The number of para-hydroxylation sites is 1. The van der Waals surface area contributed by atoms with Crippen LogP contribution in [0.3, 0.4) is 0 Å². The molecule has 1 N–H and O–H groups in total. The van der Waals surface area contributed by atoms with Crippen molar-refractivity contribution in [2.75, 3.05) is 18.0 Å². The summed E-state index contributed by atoms with van der Waals surface area (Å²) in [4.78, 5) is 17.9. The van der Waals surface area contributed by atoms with Gasteiger partial charge >= 0.3 is 0 Å². The first kappa shape index (κ1) is 22.0. The summed E-state index contributed by atoms with van der Waals surface area (Å²) in [5.74, 6) is 0.608. The van der Waals surface area contributed by atoms with Gasteiger partial charge in [0.2, 0.25) is 0 Å². The molecule has 29 heavy (non-hydrogen) atoms. The van der Waals surface area contributed by atoms with Gasteiger partial charge in [0.25, 0.3) is 5.91 Å². The minimum Gasteiger partial charge on any atom is -0.459 e. The van der Waals surface area contributed by atoms with E-state index in [0.29, 0.717) is 23.9 Å². The van der Waals surface area contributed by atoms with Crippen molar-refractivity contribution in [3.05, 3.63) is 53.5 Å². The van der Waals surface area contributed by atoms with Gasteiger partial charge in [0, 0.05) is 42.5 Å².